The third-order valence-corrected chi connectivity index (χ3v) is 11.3. The summed E-state index contributed by atoms with van der Waals surface area (Å²) in [5, 5.41) is 7.95. The van der Waals surface area contributed by atoms with Crippen molar-refractivity contribution in [3.05, 3.63) is 174 Å². The van der Waals surface area contributed by atoms with Gasteiger partial charge in [0.1, 0.15) is 0 Å². The zero-order chi connectivity index (χ0) is 36.0. The van der Waals surface area contributed by atoms with Crippen LogP contribution in [0.25, 0.3) is 60.1 Å². The number of benzene rings is 6. The zero-order valence-electron chi connectivity index (χ0n) is 31.5. The Labute approximate surface area is 311 Å². The second kappa shape index (κ2) is 16.0. The van der Waals surface area contributed by atoms with Gasteiger partial charge in [0, 0.05) is 0 Å². The molecule has 1 aliphatic carbocycles. The van der Waals surface area contributed by atoms with E-state index >= 15 is 0 Å². The van der Waals surface area contributed by atoms with Gasteiger partial charge in [-0.1, -0.05) is 185 Å². The average molecular weight is 677 g/mol. The minimum Gasteiger partial charge on any atom is -0.0990 e. The molecular formula is C52H52. The molecule has 0 aromatic heterocycles. The lowest BCUT2D eigenvalue weighted by Crippen LogP contribution is -2.05. The summed E-state index contributed by atoms with van der Waals surface area (Å²) in [5.41, 5.74) is 13.1. The molecule has 1 fully saturated rings. The minimum atomic E-state index is 0.656. The molecule has 0 unspecified atom stereocenters. The first-order valence-electron chi connectivity index (χ1n) is 19.5. The van der Waals surface area contributed by atoms with Crippen molar-refractivity contribution in [3.8, 4) is 22.3 Å². The van der Waals surface area contributed by atoms with Crippen molar-refractivity contribution in [3.63, 3.8) is 0 Å². The molecule has 1 saturated carbocycles. The molecule has 52 heavy (non-hydrogen) atoms. The van der Waals surface area contributed by atoms with Gasteiger partial charge in [0.15, 0.2) is 0 Å². The van der Waals surface area contributed by atoms with E-state index in [1.54, 1.807) is 0 Å². The van der Waals surface area contributed by atoms with E-state index in [4.69, 9.17) is 0 Å². The lowest BCUT2D eigenvalue weighted by molar-refractivity contribution is 0.445. The summed E-state index contributed by atoms with van der Waals surface area (Å²) in [4.78, 5) is 0. The Morgan fingerprint density at radius 1 is 0.673 bits per heavy atom. The Hall–Kier alpha value is -5.20. The molecule has 260 valence electrons. The number of fused-ring (bicyclic) bond motifs is 3. The van der Waals surface area contributed by atoms with E-state index < -0.39 is 0 Å². The highest BCUT2D eigenvalue weighted by Crippen LogP contribution is 2.47. The summed E-state index contributed by atoms with van der Waals surface area (Å²) >= 11 is 0. The van der Waals surface area contributed by atoms with Crippen molar-refractivity contribution in [2.45, 2.75) is 78.6 Å². The van der Waals surface area contributed by atoms with Crippen molar-refractivity contribution >= 4 is 37.9 Å². The van der Waals surface area contributed by atoms with Crippen molar-refractivity contribution in [2.75, 3.05) is 0 Å². The molecule has 0 aliphatic heterocycles. The summed E-state index contributed by atoms with van der Waals surface area (Å²) in [6, 6.07) is 41.4. The largest absolute Gasteiger partial charge is 0.0990 e. The number of allylic oxidation sites excluding steroid dienone is 9. The van der Waals surface area contributed by atoms with Crippen LogP contribution in [0.5, 0.6) is 0 Å². The Bertz CT molecular complexity index is 2310. The van der Waals surface area contributed by atoms with Crippen molar-refractivity contribution in [1.82, 2.24) is 0 Å². The van der Waals surface area contributed by atoms with Gasteiger partial charge in [0.2, 0.25) is 0 Å². The monoisotopic (exact) mass is 676 g/mol. The highest BCUT2D eigenvalue weighted by molar-refractivity contribution is 6.23. The third-order valence-electron chi connectivity index (χ3n) is 11.3. The molecule has 0 heteroatoms. The molecule has 0 amide bonds. The Morgan fingerprint density at radius 3 is 1.81 bits per heavy atom. The minimum absolute atomic E-state index is 0.656. The second-order valence-electron chi connectivity index (χ2n) is 14.4. The van der Waals surface area contributed by atoms with Crippen LogP contribution in [-0.2, 0) is 0 Å². The summed E-state index contributed by atoms with van der Waals surface area (Å²) in [6.07, 6.45) is 19.5. The predicted molar refractivity (Wildman–Crippen MR) is 230 cm³/mol. The van der Waals surface area contributed by atoms with Crippen LogP contribution in [0.2, 0.25) is 0 Å². The molecule has 0 atom stereocenters. The molecule has 0 spiro atoms. The van der Waals surface area contributed by atoms with Crippen LogP contribution < -0.4 is 0 Å². The first-order valence-corrected chi connectivity index (χ1v) is 19.5. The van der Waals surface area contributed by atoms with Gasteiger partial charge in [-0.05, 0) is 128 Å². The van der Waals surface area contributed by atoms with Gasteiger partial charge >= 0.3 is 0 Å². The van der Waals surface area contributed by atoms with Crippen LogP contribution in [0.1, 0.15) is 89.7 Å². The van der Waals surface area contributed by atoms with E-state index in [-0.39, 0.29) is 0 Å². The Kier molecular flexibility index (Phi) is 10.8. The van der Waals surface area contributed by atoms with E-state index in [2.05, 4.69) is 168 Å². The quantitative estimate of drug-likeness (QED) is 0.100. The number of rotatable bonds is 10. The molecule has 6 aromatic rings. The fourth-order valence-electron chi connectivity index (χ4n) is 8.76. The van der Waals surface area contributed by atoms with Gasteiger partial charge in [0.25, 0.3) is 0 Å². The van der Waals surface area contributed by atoms with Crippen LogP contribution in [0.15, 0.2) is 163 Å². The standard InChI is InChI=1S/C52H52/c1-6-19-39(20-7-2)50(36(5)9-4)42(21-8-3)38-30-32-40(33-31-38)51-45-26-15-17-28-47(45)52(48-29-18-16-27-46(48)51)49-35-34-41(37-22-11-10-12-23-37)43-24-13-14-25-44(43)49/h6,8,13-21,24-35,37H,3,7,9-12,22-23H2,1-2,4-5H3/b19-6-,39-20+,42-21-,50-36+. The maximum Gasteiger partial charge on any atom is -0.00201 e. The highest BCUT2D eigenvalue weighted by Gasteiger charge is 2.22. The van der Waals surface area contributed by atoms with Gasteiger partial charge in [0.05, 0.1) is 0 Å². The van der Waals surface area contributed by atoms with E-state index in [0.717, 1.165) is 12.8 Å². The number of hydrogen-bond donors (Lipinski definition) is 0. The highest BCUT2D eigenvalue weighted by atomic mass is 14.3. The third kappa shape index (κ3) is 6.64. The fourth-order valence-corrected chi connectivity index (χ4v) is 8.76. The van der Waals surface area contributed by atoms with Crippen molar-refractivity contribution < 1.29 is 0 Å². The molecule has 6 aromatic carbocycles. The SMILES string of the molecule is C=C\C=C(C(/C(/C=C\C)=C/CC)=C(\C)CC)\c1ccc(-c2c3ccccc3c(-c3ccc(C4CCCCC4)c4ccccc34)c3ccccc23)cc1. The van der Waals surface area contributed by atoms with E-state index in [1.165, 1.54) is 120 Å². The molecule has 0 nitrogen and oxygen atoms in total. The summed E-state index contributed by atoms with van der Waals surface area (Å²) < 4.78 is 0. The zero-order valence-corrected chi connectivity index (χ0v) is 31.5. The topological polar surface area (TPSA) is 0 Å². The molecule has 0 bridgehead atoms. The maximum atomic E-state index is 4.12. The van der Waals surface area contributed by atoms with Crippen LogP contribution in [-0.4, -0.2) is 0 Å². The fraction of sp³-hybridized carbons (Fsp3) is 0.231. The van der Waals surface area contributed by atoms with Crippen molar-refractivity contribution in [1.29, 1.82) is 0 Å². The van der Waals surface area contributed by atoms with Gasteiger partial charge < -0.3 is 0 Å². The summed E-state index contributed by atoms with van der Waals surface area (Å²) in [5.74, 6) is 0.656. The Morgan fingerprint density at radius 2 is 1.25 bits per heavy atom. The van der Waals surface area contributed by atoms with Crippen LogP contribution in [0.3, 0.4) is 0 Å². The molecule has 7 rings (SSSR count). The van der Waals surface area contributed by atoms with Crippen molar-refractivity contribution in [2.24, 2.45) is 0 Å². The number of hydrogen-bond acceptors (Lipinski definition) is 0. The average Bonchev–Trinajstić information content (AvgIpc) is 3.20. The lowest BCUT2D eigenvalue weighted by atomic mass is 9.79. The van der Waals surface area contributed by atoms with E-state index in [0.29, 0.717) is 5.92 Å². The van der Waals surface area contributed by atoms with E-state index in [1.807, 2.05) is 6.08 Å². The summed E-state index contributed by atoms with van der Waals surface area (Å²) in [6.45, 7) is 12.9. The lowest BCUT2D eigenvalue weighted by Gasteiger charge is -2.25. The van der Waals surface area contributed by atoms with Gasteiger partial charge in [-0.25, -0.2) is 0 Å². The first kappa shape index (κ1) is 35.2. The molecular weight excluding hydrogens is 625 g/mol. The predicted octanol–water partition coefficient (Wildman–Crippen LogP) is 15.7. The molecule has 0 radical (unpaired) electrons. The van der Waals surface area contributed by atoms with Gasteiger partial charge in [-0.3, -0.25) is 0 Å². The molecule has 1 aliphatic rings. The maximum absolute atomic E-state index is 4.12. The molecule has 0 N–H and O–H groups in total. The smallest absolute Gasteiger partial charge is 0.00201 e. The van der Waals surface area contributed by atoms with E-state index in [9.17, 15) is 0 Å². The normalized spacial score (nSPS) is 15.2. The van der Waals surface area contributed by atoms with Crippen LogP contribution >= 0.6 is 0 Å². The van der Waals surface area contributed by atoms with Gasteiger partial charge in [-0.2, -0.15) is 0 Å². The van der Waals surface area contributed by atoms with Gasteiger partial charge in [-0.15, -0.1) is 0 Å². The molecule has 0 saturated heterocycles. The van der Waals surface area contributed by atoms with Crippen LogP contribution in [0.4, 0.5) is 0 Å². The first-order chi connectivity index (χ1) is 25.6. The Balaban J connectivity index is 1.42. The summed E-state index contributed by atoms with van der Waals surface area (Å²) in [7, 11) is 0. The van der Waals surface area contributed by atoms with Crippen LogP contribution in [0, 0.1) is 0 Å². The molecule has 0 heterocycles. The second-order valence-corrected chi connectivity index (χ2v) is 14.4.